The number of aliphatic hydroxyl groups excluding tert-OH is 1. The molecular formula is C10H7NO. The number of hydrogen-bond donors (Lipinski definition) is 1. The molecule has 2 heteroatoms. The van der Waals surface area contributed by atoms with Gasteiger partial charge in [0.25, 0.3) is 0 Å². The highest BCUT2D eigenvalue weighted by Crippen LogP contribution is 2.01. The molecule has 0 atom stereocenters. The third-order valence-electron chi connectivity index (χ3n) is 1.30. The lowest BCUT2D eigenvalue weighted by Crippen LogP contribution is -1.78. The van der Waals surface area contributed by atoms with E-state index in [9.17, 15) is 0 Å². The molecule has 12 heavy (non-hydrogen) atoms. The molecule has 1 aromatic carbocycles. The Morgan fingerprint density at radius 3 is 2.75 bits per heavy atom. The Hall–Kier alpha value is -1.77. The summed E-state index contributed by atoms with van der Waals surface area (Å²) in [5.41, 5.74) is 1.34. The molecule has 0 bridgehead atoms. The summed E-state index contributed by atoms with van der Waals surface area (Å²) in [7, 11) is 0. The minimum atomic E-state index is -0.156. The fourth-order valence-corrected chi connectivity index (χ4v) is 0.808. The standard InChI is InChI=1S/C10H7NO/c11-8-10-4-1-3-9(7-10)5-2-6-12/h1,3-4,7,12H,6H2. The molecule has 0 aliphatic heterocycles. The number of benzene rings is 1. The third-order valence-corrected chi connectivity index (χ3v) is 1.30. The number of nitrogens with zero attached hydrogens (tertiary/aromatic N) is 1. The van der Waals surface area contributed by atoms with Gasteiger partial charge in [-0.25, -0.2) is 0 Å². The van der Waals surface area contributed by atoms with E-state index >= 15 is 0 Å². The summed E-state index contributed by atoms with van der Waals surface area (Å²) < 4.78 is 0. The number of nitriles is 1. The first-order chi connectivity index (χ1) is 5.86. The molecule has 0 radical (unpaired) electrons. The average molecular weight is 157 g/mol. The Labute approximate surface area is 71.1 Å². The summed E-state index contributed by atoms with van der Waals surface area (Å²) in [6, 6.07) is 8.97. The smallest absolute Gasteiger partial charge is 0.104 e. The summed E-state index contributed by atoms with van der Waals surface area (Å²) in [5.74, 6) is 5.23. The van der Waals surface area contributed by atoms with Crippen LogP contribution in [0.4, 0.5) is 0 Å². The molecule has 58 valence electrons. The summed E-state index contributed by atoms with van der Waals surface area (Å²) in [4.78, 5) is 0. The largest absolute Gasteiger partial charge is 0.384 e. The van der Waals surface area contributed by atoms with Crippen molar-refractivity contribution in [2.45, 2.75) is 0 Å². The molecule has 0 aliphatic rings. The van der Waals surface area contributed by atoms with E-state index in [0.29, 0.717) is 5.56 Å². The minimum absolute atomic E-state index is 0.156. The molecule has 1 aromatic rings. The second-order valence-corrected chi connectivity index (χ2v) is 2.15. The van der Waals surface area contributed by atoms with Crippen molar-refractivity contribution in [3.05, 3.63) is 35.4 Å². The van der Waals surface area contributed by atoms with E-state index in [4.69, 9.17) is 10.4 Å². The molecule has 1 N–H and O–H groups in total. The van der Waals surface area contributed by atoms with E-state index in [1.807, 2.05) is 6.07 Å². The quantitative estimate of drug-likeness (QED) is 0.569. The second-order valence-electron chi connectivity index (χ2n) is 2.15. The Kier molecular flexibility index (Phi) is 2.90. The molecule has 2 nitrogen and oxygen atoms in total. The van der Waals surface area contributed by atoms with Crippen LogP contribution in [0, 0.1) is 23.2 Å². The molecule has 0 aliphatic carbocycles. The Morgan fingerprint density at radius 1 is 1.33 bits per heavy atom. The average Bonchev–Trinajstić information content (AvgIpc) is 2.15. The zero-order valence-corrected chi connectivity index (χ0v) is 6.41. The first-order valence-corrected chi connectivity index (χ1v) is 3.46. The topological polar surface area (TPSA) is 44.0 Å². The summed E-state index contributed by atoms with van der Waals surface area (Å²) in [6.45, 7) is -0.156. The van der Waals surface area contributed by atoms with Crippen molar-refractivity contribution in [2.24, 2.45) is 0 Å². The van der Waals surface area contributed by atoms with Crippen LogP contribution in [0.1, 0.15) is 11.1 Å². The molecule has 0 saturated carbocycles. The van der Waals surface area contributed by atoms with Crippen molar-refractivity contribution in [3.8, 4) is 17.9 Å². The van der Waals surface area contributed by atoms with Crippen molar-refractivity contribution in [1.29, 1.82) is 5.26 Å². The second kappa shape index (κ2) is 4.18. The van der Waals surface area contributed by atoms with Crippen LogP contribution in [0.25, 0.3) is 0 Å². The minimum Gasteiger partial charge on any atom is -0.384 e. The molecule has 0 saturated heterocycles. The Morgan fingerprint density at radius 2 is 2.08 bits per heavy atom. The molecule has 0 heterocycles. The van der Waals surface area contributed by atoms with Gasteiger partial charge in [-0.05, 0) is 18.2 Å². The van der Waals surface area contributed by atoms with Gasteiger partial charge in [-0.3, -0.25) is 0 Å². The lowest BCUT2D eigenvalue weighted by atomic mass is 10.1. The predicted molar refractivity (Wildman–Crippen MR) is 45.1 cm³/mol. The molecule has 0 aromatic heterocycles. The zero-order chi connectivity index (χ0) is 8.81. The lowest BCUT2D eigenvalue weighted by Gasteiger charge is -1.89. The van der Waals surface area contributed by atoms with Crippen LogP contribution in [-0.2, 0) is 0 Å². The highest BCUT2D eigenvalue weighted by Gasteiger charge is 1.89. The lowest BCUT2D eigenvalue weighted by molar-refractivity contribution is 0.350. The van der Waals surface area contributed by atoms with Crippen LogP contribution in [-0.4, -0.2) is 11.7 Å². The monoisotopic (exact) mass is 157 g/mol. The normalized spacial score (nSPS) is 8.00. The van der Waals surface area contributed by atoms with E-state index in [1.54, 1.807) is 24.3 Å². The molecule has 0 spiro atoms. The molecular weight excluding hydrogens is 150 g/mol. The van der Waals surface area contributed by atoms with Crippen molar-refractivity contribution in [1.82, 2.24) is 0 Å². The zero-order valence-electron chi connectivity index (χ0n) is 6.41. The van der Waals surface area contributed by atoms with Gasteiger partial charge in [0.15, 0.2) is 0 Å². The van der Waals surface area contributed by atoms with Crippen molar-refractivity contribution in [2.75, 3.05) is 6.61 Å². The Balaban J connectivity index is 2.96. The predicted octanol–water partition coefficient (Wildman–Crippen LogP) is 0.902. The first kappa shape index (κ1) is 8.33. The van der Waals surface area contributed by atoms with E-state index < -0.39 is 0 Å². The van der Waals surface area contributed by atoms with Gasteiger partial charge in [0, 0.05) is 5.56 Å². The van der Waals surface area contributed by atoms with Gasteiger partial charge < -0.3 is 5.11 Å². The van der Waals surface area contributed by atoms with Crippen LogP contribution < -0.4 is 0 Å². The third kappa shape index (κ3) is 2.12. The van der Waals surface area contributed by atoms with Crippen LogP contribution >= 0.6 is 0 Å². The van der Waals surface area contributed by atoms with Crippen LogP contribution in [0.2, 0.25) is 0 Å². The van der Waals surface area contributed by atoms with Gasteiger partial charge in [-0.15, -0.1) is 0 Å². The van der Waals surface area contributed by atoms with Gasteiger partial charge in [0.2, 0.25) is 0 Å². The van der Waals surface area contributed by atoms with Gasteiger partial charge in [-0.1, -0.05) is 17.9 Å². The maximum atomic E-state index is 8.54. The fourth-order valence-electron chi connectivity index (χ4n) is 0.808. The maximum Gasteiger partial charge on any atom is 0.104 e. The fraction of sp³-hybridized carbons (Fsp3) is 0.100. The van der Waals surface area contributed by atoms with E-state index in [-0.39, 0.29) is 6.61 Å². The SMILES string of the molecule is N#Cc1cccc(C#CCO)c1. The summed E-state index contributed by atoms with van der Waals surface area (Å²) in [6.07, 6.45) is 0. The van der Waals surface area contributed by atoms with Crippen molar-refractivity contribution in [3.63, 3.8) is 0 Å². The number of rotatable bonds is 0. The van der Waals surface area contributed by atoms with Gasteiger partial charge in [0.1, 0.15) is 6.61 Å². The van der Waals surface area contributed by atoms with Gasteiger partial charge in [0.05, 0.1) is 11.6 Å². The summed E-state index contributed by atoms with van der Waals surface area (Å²) >= 11 is 0. The van der Waals surface area contributed by atoms with Crippen LogP contribution in [0.15, 0.2) is 24.3 Å². The van der Waals surface area contributed by atoms with E-state index in [2.05, 4.69) is 11.8 Å². The van der Waals surface area contributed by atoms with Gasteiger partial charge in [-0.2, -0.15) is 5.26 Å². The van der Waals surface area contributed by atoms with Crippen LogP contribution in [0.5, 0.6) is 0 Å². The Bertz CT molecular complexity index is 365. The first-order valence-electron chi connectivity index (χ1n) is 3.46. The van der Waals surface area contributed by atoms with E-state index in [0.717, 1.165) is 5.56 Å². The van der Waals surface area contributed by atoms with Crippen molar-refractivity contribution >= 4 is 0 Å². The van der Waals surface area contributed by atoms with E-state index in [1.165, 1.54) is 0 Å². The molecule has 1 rings (SSSR count). The maximum absolute atomic E-state index is 8.54. The molecule has 0 fully saturated rings. The highest BCUT2D eigenvalue weighted by atomic mass is 16.2. The molecule has 0 unspecified atom stereocenters. The highest BCUT2D eigenvalue weighted by molar-refractivity contribution is 5.41. The number of hydrogen-bond acceptors (Lipinski definition) is 2. The molecule has 0 amide bonds. The van der Waals surface area contributed by atoms with Crippen LogP contribution in [0.3, 0.4) is 0 Å². The van der Waals surface area contributed by atoms with Crippen molar-refractivity contribution < 1.29 is 5.11 Å². The number of aliphatic hydroxyl groups is 1. The summed E-state index contributed by atoms with van der Waals surface area (Å²) in [5, 5.41) is 17.0. The van der Waals surface area contributed by atoms with Gasteiger partial charge >= 0.3 is 0 Å².